The molecule has 2 fully saturated rings. The zero-order valence-electron chi connectivity index (χ0n) is 12.2. The molecule has 110 valence electrons. The highest BCUT2D eigenvalue weighted by atomic mass is 35.5. The number of aryl methyl sites for hydroxylation is 1. The van der Waals surface area contributed by atoms with Crippen molar-refractivity contribution in [1.29, 1.82) is 0 Å². The number of hydrogen-bond donors (Lipinski definition) is 1. The molecule has 1 aromatic heterocycles. The van der Waals surface area contributed by atoms with Crippen LogP contribution in [0.5, 0.6) is 0 Å². The molecule has 5 heteroatoms. The third kappa shape index (κ3) is 2.63. The lowest BCUT2D eigenvalue weighted by molar-refractivity contribution is 0.0619. The van der Waals surface area contributed by atoms with Gasteiger partial charge in [0.2, 0.25) is 0 Å². The van der Waals surface area contributed by atoms with E-state index in [-0.39, 0.29) is 0 Å². The predicted molar refractivity (Wildman–Crippen MR) is 80.3 cm³/mol. The van der Waals surface area contributed by atoms with Gasteiger partial charge >= 0.3 is 0 Å². The highest BCUT2D eigenvalue weighted by Crippen LogP contribution is 2.36. The zero-order chi connectivity index (χ0) is 14.1. The van der Waals surface area contributed by atoms with Crippen LogP contribution in [-0.2, 0) is 11.2 Å². The van der Waals surface area contributed by atoms with Gasteiger partial charge in [0.1, 0.15) is 16.8 Å². The summed E-state index contributed by atoms with van der Waals surface area (Å²) in [5.74, 6) is 2.32. The molecule has 3 atom stereocenters. The van der Waals surface area contributed by atoms with E-state index in [1.807, 2.05) is 13.8 Å². The molecule has 2 heterocycles. The van der Waals surface area contributed by atoms with Gasteiger partial charge in [0.05, 0.1) is 6.10 Å². The number of nitrogens with zero attached hydrogens (tertiary/aromatic N) is 2. The maximum Gasteiger partial charge on any atom is 0.137 e. The maximum absolute atomic E-state index is 6.21. The van der Waals surface area contributed by atoms with Crippen molar-refractivity contribution in [1.82, 2.24) is 9.97 Å². The molecule has 1 saturated carbocycles. The molecule has 0 bridgehead atoms. The Balaban J connectivity index is 1.81. The van der Waals surface area contributed by atoms with Gasteiger partial charge in [-0.1, -0.05) is 18.5 Å². The van der Waals surface area contributed by atoms with E-state index in [0.717, 1.165) is 36.7 Å². The summed E-state index contributed by atoms with van der Waals surface area (Å²) in [5, 5.41) is 4.18. The van der Waals surface area contributed by atoms with Gasteiger partial charge in [0.15, 0.2) is 0 Å². The normalized spacial score (nSPS) is 29.2. The minimum atomic E-state index is 0.435. The van der Waals surface area contributed by atoms with Crippen molar-refractivity contribution < 1.29 is 4.74 Å². The first-order valence-corrected chi connectivity index (χ1v) is 7.98. The zero-order valence-corrected chi connectivity index (χ0v) is 12.9. The van der Waals surface area contributed by atoms with Gasteiger partial charge < -0.3 is 10.1 Å². The summed E-state index contributed by atoms with van der Waals surface area (Å²) in [6, 6.07) is 0.450. The number of aromatic nitrogens is 2. The summed E-state index contributed by atoms with van der Waals surface area (Å²) in [6.45, 7) is 4.93. The van der Waals surface area contributed by atoms with E-state index in [1.165, 1.54) is 19.3 Å². The van der Waals surface area contributed by atoms with Gasteiger partial charge in [-0.25, -0.2) is 9.97 Å². The molecular formula is C15H22ClN3O. The standard InChI is InChI=1S/C15H22ClN3O/c1-3-13-18-14(16)9(2)15(19-13)17-11-5-4-6-12-10(11)7-8-20-12/h10-12H,3-8H2,1-2H3,(H,17,18,19). The van der Waals surface area contributed by atoms with Crippen LogP contribution in [0.3, 0.4) is 0 Å². The number of nitrogens with one attached hydrogen (secondary N) is 1. The van der Waals surface area contributed by atoms with Gasteiger partial charge in [0, 0.05) is 30.6 Å². The molecular weight excluding hydrogens is 274 g/mol. The van der Waals surface area contributed by atoms with E-state index in [2.05, 4.69) is 15.3 Å². The van der Waals surface area contributed by atoms with Crippen LogP contribution in [0.15, 0.2) is 0 Å². The topological polar surface area (TPSA) is 47.0 Å². The van der Waals surface area contributed by atoms with Crippen LogP contribution in [0.25, 0.3) is 0 Å². The van der Waals surface area contributed by atoms with Gasteiger partial charge in [-0.05, 0) is 32.6 Å². The molecule has 0 spiro atoms. The first kappa shape index (κ1) is 14.1. The van der Waals surface area contributed by atoms with Crippen LogP contribution in [0, 0.1) is 12.8 Å². The molecule has 20 heavy (non-hydrogen) atoms. The summed E-state index contributed by atoms with van der Waals surface area (Å²) in [7, 11) is 0. The Morgan fingerprint density at radius 2 is 2.15 bits per heavy atom. The van der Waals surface area contributed by atoms with E-state index in [9.17, 15) is 0 Å². The van der Waals surface area contributed by atoms with Crippen LogP contribution < -0.4 is 5.32 Å². The fraction of sp³-hybridized carbons (Fsp3) is 0.733. The van der Waals surface area contributed by atoms with Crippen LogP contribution in [0.4, 0.5) is 5.82 Å². The maximum atomic E-state index is 6.21. The lowest BCUT2D eigenvalue weighted by Gasteiger charge is -2.34. The second-order valence-corrected chi connectivity index (χ2v) is 6.16. The van der Waals surface area contributed by atoms with Crippen molar-refractivity contribution in [2.45, 2.75) is 58.1 Å². The molecule has 0 radical (unpaired) electrons. The van der Waals surface area contributed by atoms with Crippen LogP contribution in [-0.4, -0.2) is 28.7 Å². The van der Waals surface area contributed by atoms with Crippen molar-refractivity contribution in [2.75, 3.05) is 11.9 Å². The van der Waals surface area contributed by atoms with Gasteiger partial charge in [-0.3, -0.25) is 0 Å². The Labute approximate surface area is 125 Å². The van der Waals surface area contributed by atoms with Crippen LogP contribution in [0.1, 0.15) is 44.0 Å². The Hall–Kier alpha value is -0.870. The molecule has 1 saturated heterocycles. The monoisotopic (exact) mass is 295 g/mol. The van der Waals surface area contributed by atoms with E-state index in [0.29, 0.717) is 23.2 Å². The summed E-state index contributed by atoms with van der Waals surface area (Å²) < 4.78 is 5.82. The van der Waals surface area contributed by atoms with E-state index < -0.39 is 0 Å². The minimum Gasteiger partial charge on any atom is -0.378 e. The van der Waals surface area contributed by atoms with E-state index in [4.69, 9.17) is 16.3 Å². The quantitative estimate of drug-likeness (QED) is 0.869. The smallest absolute Gasteiger partial charge is 0.137 e. The summed E-state index contributed by atoms with van der Waals surface area (Å²) in [5.41, 5.74) is 0.949. The summed E-state index contributed by atoms with van der Waals surface area (Å²) in [6.07, 6.45) is 6.00. The Morgan fingerprint density at radius 1 is 1.30 bits per heavy atom. The number of rotatable bonds is 3. The second-order valence-electron chi connectivity index (χ2n) is 5.80. The number of halogens is 1. The number of fused-ring (bicyclic) bond motifs is 1. The van der Waals surface area contributed by atoms with Crippen molar-refractivity contribution in [3.63, 3.8) is 0 Å². The van der Waals surface area contributed by atoms with Crippen LogP contribution >= 0.6 is 11.6 Å². The fourth-order valence-corrected chi connectivity index (χ4v) is 3.55. The molecule has 3 rings (SSSR count). The van der Waals surface area contributed by atoms with Gasteiger partial charge in [-0.2, -0.15) is 0 Å². The van der Waals surface area contributed by atoms with E-state index in [1.54, 1.807) is 0 Å². The molecule has 2 aliphatic rings. The number of ether oxygens (including phenoxy) is 1. The third-order valence-electron chi connectivity index (χ3n) is 4.55. The number of anilines is 1. The average molecular weight is 296 g/mol. The highest BCUT2D eigenvalue weighted by Gasteiger charge is 2.37. The molecule has 0 aromatic carbocycles. The minimum absolute atomic E-state index is 0.435. The van der Waals surface area contributed by atoms with E-state index >= 15 is 0 Å². The Kier molecular flexibility index (Phi) is 4.13. The first-order valence-electron chi connectivity index (χ1n) is 7.60. The third-order valence-corrected chi connectivity index (χ3v) is 4.92. The Morgan fingerprint density at radius 3 is 2.95 bits per heavy atom. The highest BCUT2D eigenvalue weighted by molar-refractivity contribution is 6.30. The predicted octanol–water partition coefficient (Wildman–Crippen LogP) is 3.37. The van der Waals surface area contributed by atoms with Gasteiger partial charge in [0.25, 0.3) is 0 Å². The van der Waals surface area contributed by atoms with Crippen molar-refractivity contribution in [2.24, 2.45) is 5.92 Å². The van der Waals surface area contributed by atoms with Crippen molar-refractivity contribution in [3.05, 3.63) is 16.5 Å². The van der Waals surface area contributed by atoms with Gasteiger partial charge in [-0.15, -0.1) is 0 Å². The SMILES string of the molecule is CCc1nc(Cl)c(C)c(NC2CCCC3OCCC23)n1. The largest absolute Gasteiger partial charge is 0.378 e. The van der Waals surface area contributed by atoms with Crippen molar-refractivity contribution >= 4 is 17.4 Å². The number of hydrogen-bond acceptors (Lipinski definition) is 4. The molecule has 1 aliphatic carbocycles. The lowest BCUT2D eigenvalue weighted by atomic mass is 9.82. The summed E-state index contributed by atoms with van der Waals surface area (Å²) >= 11 is 6.21. The average Bonchev–Trinajstić information content (AvgIpc) is 2.93. The lowest BCUT2D eigenvalue weighted by Crippen LogP contribution is -2.38. The summed E-state index contributed by atoms with van der Waals surface area (Å²) in [4.78, 5) is 8.91. The molecule has 1 aliphatic heterocycles. The fourth-order valence-electron chi connectivity index (χ4n) is 3.36. The molecule has 4 nitrogen and oxygen atoms in total. The second kappa shape index (κ2) is 5.86. The Bertz CT molecular complexity index is 494. The van der Waals surface area contributed by atoms with Crippen LogP contribution in [0.2, 0.25) is 5.15 Å². The molecule has 3 unspecified atom stereocenters. The molecule has 0 amide bonds. The molecule has 1 N–H and O–H groups in total. The molecule has 1 aromatic rings. The van der Waals surface area contributed by atoms with Crippen molar-refractivity contribution in [3.8, 4) is 0 Å². The first-order chi connectivity index (χ1) is 9.69.